The van der Waals surface area contributed by atoms with Gasteiger partial charge in [0, 0.05) is 13.0 Å². The molecule has 0 aliphatic rings. The summed E-state index contributed by atoms with van der Waals surface area (Å²) in [6.45, 7) is 1.73. The lowest BCUT2D eigenvalue weighted by Gasteiger charge is -1.94. The van der Waals surface area contributed by atoms with Crippen molar-refractivity contribution < 1.29 is 4.42 Å². The van der Waals surface area contributed by atoms with Gasteiger partial charge in [-0.05, 0) is 11.8 Å². The lowest BCUT2D eigenvalue weighted by atomic mass is 10.7. The molecule has 0 aliphatic heterocycles. The minimum absolute atomic E-state index is 0.388. The zero-order valence-corrected chi connectivity index (χ0v) is 8.71. The third-order valence-corrected chi connectivity index (χ3v) is 2.29. The summed E-state index contributed by atoms with van der Waals surface area (Å²) >= 11 is 6.93. The van der Waals surface area contributed by atoms with Crippen LogP contribution in [-0.2, 0) is 0 Å². The maximum Gasteiger partial charge on any atom is 0.282 e. The highest BCUT2D eigenvalue weighted by Crippen LogP contribution is 2.25. The van der Waals surface area contributed by atoms with Crippen molar-refractivity contribution in [2.45, 2.75) is 17.2 Å². The van der Waals surface area contributed by atoms with Gasteiger partial charge in [0.15, 0.2) is 0 Å². The minimum atomic E-state index is 0.388. The average molecular weight is 229 g/mol. The summed E-state index contributed by atoms with van der Waals surface area (Å²) in [5.41, 5.74) is 0. The number of hydrogen-bond acceptors (Lipinski definition) is 6. The van der Waals surface area contributed by atoms with Gasteiger partial charge < -0.3 is 4.42 Å². The number of aromatic nitrogens is 4. The van der Waals surface area contributed by atoms with Gasteiger partial charge in [-0.2, -0.15) is 0 Å². The van der Waals surface area contributed by atoms with Gasteiger partial charge in [0.05, 0.1) is 0 Å². The number of rotatable bonds is 2. The van der Waals surface area contributed by atoms with Gasteiger partial charge in [0.25, 0.3) is 5.22 Å². The van der Waals surface area contributed by atoms with Crippen molar-refractivity contribution in [3.05, 3.63) is 23.4 Å². The number of hydrogen-bond donors (Lipinski definition) is 0. The Kier molecular flexibility index (Phi) is 2.64. The van der Waals surface area contributed by atoms with Gasteiger partial charge in [-0.1, -0.05) is 11.6 Å². The van der Waals surface area contributed by atoms with Crippen LogP contribution in [0.5, 0.6) is 0 Å². The fourth-order valence-corrected chi connectivity index (χ4v) is 1.69. The SMILES string of the molecule is Cc1nnc(Sc2cc(Cl)ncn2)o1. The standard InChI is InChI=1S/C7H5ClN4OS/c1-4-11-12-7(13-4)14-6-2-5(8)9-3-10-6/h2-3H,1H3. The van der Waals surface area contributed by atoms with Gasteiger partial charge in [-0.3, -0.25) is 0 Å². The second kappa shape index (κ2) is 3.93. The maximum atomic E-state index is 5.69. The van der Waals surface area contributed by atoms with E-state index in [-0.39, 0.29) is 0 Å². The molecule has 14 heavy (non-hydrogen) atoms. The van der Waals surface area contributed by atoms with E-state index in [1.54, 1.807) is 13.0 Å². The van der Waals surface area contributed by atoms with E-state index in [2.05, 4.69) is 20.2 Å². The largest absolute Gasteiger partial charge is 0.416 e. The quantitative estimate of drug-likeness (QED) is 0.733. The van der Waals surface area contributed by atoms with Gasteiger partial charge in [0.1, 0.15) is 16.5 Å². The summed E-state index contributed by atoms with van der Waals surface area (Å²) in [4.78, 5) is 7.74. The molecule has 0 atom stereocenters. The molecular formula is C7H5ClN4OS. The molecule has 0 unspecified atom stereocenters. The van der Waals surface area contributed by atoms with Crippen molar-refractivity contribution in [1.29, 1.82) is 0 Å². The number of nitrogens with zero attached hydrogens (tertiary/aromatic N) is 4. The molecule has 2 heterocycles. The van der Waals surface area contributed by atoms with Gasteiger partial charge >= 0.3 is 0 Å². The smallest absolute Gasteiger partial charge is 0.282 e. The first-order valence-electron chi connectivity index (χ1n) is 3.69. The lowest BCUT2D eigenvalue weighted by Crippen LogP contribution is -1.82. The first-order chi connectivity index (χ1) is 6.74. The van der Waals surface area contributed by atoms with E-state index in [9.17, 15) is 0 Å². The van der Waals surface area contributed by atoms with Crippen molar-refractivity contribution in [2.75, 3.05) is 0 Å². The Labute approximate surface area is 88.9 Å². The van der Waals surface area contributed by atoms with Crippen LogP contribution in [0.1, 0.15) is 5.89 Å². The Hall–Kier alpha value is -1.14. The van der Waals surface area contributed by atoms with Crippen LogP contribution in [0.2, 0.25) is 5.15 Å². The first-order valence-corrected chi connectivity index (χ1v) is 4.89. The Morgan fingerprint density at radius 3 is 2.86 bits per heavy atom. The summed E-state index contributed by atoms with van der Waals surface area (Å²) in [5.74, 6) is 0.521. The molecule has 0 aliphatic carbocycles. The fraction of sp³-hybridized carbons (Fsp3) is 0.143. The molecule has 2 rings (SSSR count). The van der Waals surface area contributed by atoms with Crippen molar-refractivity contribution in [3.8, 4) is 0 Å². The van der Waals surface area contributed by atoms with Crippen molar-refractivity contribution in [3.63, 3.8) is 0 Å². The van der Waals surface area contributed by atoms with E-state index in [4.69, 9.17) is 16.0 Å². The molecule has 0 spiro atoms. The Morgan fingerprint density at radius 1 is 1.36 bits per heavy atom. The summed E-state index contributed by atoms with van der Waals surface area (Å²) in [5, 5.41) is 9.01. The summed E-state index contributed by atoms with van der Waals surface area (Å²) in [7, 11) is 0. The minimum Gasteiger partial charge on any atom is -0.416 e. The van der Waals surface area contributed by atoms with Crippen molar-refractivity contribution >= 4 is 23.4 Å². The van der Waals surface area contributed by atoms with E-state index in [0.717, 1.165) is 0 Å². The molecule has 0 N–H and O–H groups in total. The summed E-state index contributed by atoms with van der Waals surface area (Å²) in [6.07, 6.45) is 1.38. The average Bonchev–Trinajstić information content (AvgIpc) is 2.51. The highest BCUT2D eigenvalue weighted by molar-refractivity contribution is 7.99. The molecule has 72 valence electrons. The van der Waals surface area contributed by atoms with Crippen LogP contribution >= 0.6 is 23.4 Å². The zero-order chi connectivity index (χ0) is 9.97. The molecule has 5 nitrogen and oxygen atoms in total. The molecule has 0 fully saturated rings. The van der Waals surface area contributed by atoms with Crippen molar-refractivity contribution in [2.24, 2.45) is 0 Å². The molecule has 0 saturated carbocycles. The lowest BCUT2D eigenvalue weighted by molar-refractivity contribution is 0.429. The van der Waals surface area contributed by atoms with Crippen LogP contribution in [0.25, 0.3) is 0 Å². The van der Waals surface area contributed by atoms with E-state index < -0.39 is 0 Å². The van der Waals surface area contributed by atoms with E-state index in [1.807, 2.05) is 0 Å². The van der Waals surface area contributed by atoms with Gasteiger partial charge in [0.2, 0.25) is 5.89 Å². The Morgan fingerprint density at radius 2 is 2.21 bits per heavy atom. The van der Waals surface area contributed by atoms with Crippen LogP contribution in [0.3, 0.4) is 0 Å². The molecular weight excluding hydrogens is 224 g/mol. The second-order valence-corrected chi connectivity index (χ2v) is 3.73. The fourth-order valence-electron chi connectivity index (χ4n) is 0.782. The highest BCUT2D eigenvalue weighted by atomic mass is 35.5. The summed E-state index contributed by atoms with van der Waals surface area (Å²) < 4.78 is 5.16. The monoisotopic (exact) mass is 228 g/mol. The van der Waals surface area contributed by atoms with E-state index in [1.165, 1.54) is 18.1 Å². The van der Waals surface area contributed by atoms with Crippen molar-refractivity contribution in [1.82, 2.24) is 20.2 Å². The van der Waals surface area contributed by atoms with Crippen LogP contribution < -0.4 is 0 Å². The number of halogens is 1. The van der Waals surface area contributed by atoms with E-state index in [0.29, 0.717) is 21.3 Å². The van der Waals surface area contributed by atoms with Gasteiger partial charge in [-0.25, -0.2) is 9.97 Å². The first kappa shape index (κ1) is 9.42. The van der Waals surface area contributed by atoms with Crippen LogP contribution in [0.15, 0.2) is 27.1 Å². The normalized spacial score (nSPS) is 10.4. The molecule has 0 bridgehead atoms. The third kappa shape index (κ3) is 2.21. The molecule has 2 aromatic heterocycles. The molecule has 0 amide bonds. The zero-order valence-electron chi connectivity index (χ0n) is 7.14. The topological polar surface area (TPSA) is 64.7 Å². The summed E-state index contributed by atoms with van der Waals surface area (Å²) in [6, 6.07) is 1.63. The van der Waals surface area contributed by atoms with Crippen LogP contribution in [0, 0.1) is 6.92 Å². The number of aryl methyl sites for hydroxylation is 1. The molecule has 2 aromatic rings. The Bertz CT molecular complexity index is 447. The third-order valence-electron chi connectivity index (χ3n) is 1.31. The molecule has 7 heteroatoms. The van der Waals surface area contributed by atoms with Crippen LogP contribution in [-0.4, -0.2) is 20.2 Å². The highest BCUT2D eigenvalue weighted by Gasteiger charge is 2.06. The molecule has 0 aromatic carbocycles. The van der Waals surface area contributed by atoms with Gasteiger partial charge in [-0.15, -0.1) is 10.2 Å². The molecule has 0 radical (unpaired) electrons. The van der Waals surface area contributed by atoms with E-state index >= 15 is 0 Å². The Balaban J connectivity index is 2.18. The second-order valence-electron chi connectivity index (χ2n) is 2.37. The van der Waals surface area contributed by atoms with Crippen LogP contribution in [0.4, 0.5) is 0 Å². The maximum absolute atomic E-state index is 5.69. The predicted octanol–water partition coefficient (Wildman–Crippen LogP) is 1.97. The molecule has 0 saturated heterocycles. The predicted molar refractivity (Wildman–Crippen MR) is 50.2 cm³/mol.